The third-order valence-corrected chi connectivity index (χ3v) is 2.47. The van der Waals surface area contributed by atoms with Gasteiger partial charge in [0.1, 0.15) is 0 Å². The highest BCUT2D eigenvalue weighted by molar-refractivity contribution is 5.83. The Kier molecular flexibility index (Phi) is 3.80. The lowest BCUT2D eigenvalue weighted by molar-refractivity contribution is -0.386. The van der Waals surface area contributed by atoms with Gasteiger partial charge in [-0.2, -0.15) is 5.10 Å². The second-order valence-electron chi connectivity index (χ2n) is 3.90. The number of hydrazone groups is 1. The minimum absolute atomic E-state index is 0.287. The zero-order valence-electron chi connectivity index (χ0n) is 10.2. The molecule has 2 rings (SSSR count). The number of nitrogens with zero attached hydrogens (tertiary/aromatic N) is 2. The van der Waals surface area contributed by atoms with Gasteiger partial charge in [0.2, 0.25) is 5.75 Å². The van der Waals surface area contributed by atoms with Crippen molar-refractivity contribution in [2.75, 3.05) is 5.43 Å². The smallest absolute Gasteiger partial charge is 0.315 e. The van der Waals surface area contributed by atoms with Gasteiger partial charge in [-0.3, -0.25) is 15.5 Å². The Bertz CT molecular complexity index is 656. The maximum Gasteiger partial charge on any atom is 0.315 e. The molecule has 0 atom stereocenters. The summed E-state index contributed by atoms with van der Waals surface area (Å²) in [7, 11) is 0. The highest BCUT2D eigenvalue weighted by atomic mass is 16.6. The summed E-state index contributed by atoms with van der Waals surface area (Å²) in [6.07, 6.45) is 1.30. The summed E-state index contributed by atoms with van der Waals surface area (Å²) in [4.78, 5) is 9.92. The quantitative estimate of drug-likeness (QED) is 0.343. The van der Waals surface area contributed by atoms with Crippen LogP contribution in [0, 0.1) is 10.1 Å². The molecule has 102 valence electrons. The predicted octanol–water partition coefficient (Wildman–Crippen LogP) is 2.45. The molecule has 0 spiro atoms. The van der Waals surface area contributed by atoms with Gasteiger partial charge in [-0.25, -0.2) is 0 Å². The van der Waals surface area contributed by atoms with Crippen molar-refractivity contribution in [2.45, 2.75) is 0 Å². The van der Waals surface area contributed by atoms with Gasteiger partial charge in [0.05, 0.1) is 16.8 Å². The number of nitro benzene ring substituents is 1. The molecule has 7 nitrogen and oxygen atoms in total. The van der Waals surface area contributed by atoms with Crippen molar-refractivity contribution >= 4 is 17.6 Å². The number of rotatable bonds is 4. The molecule has 20 heavy (non-hydrogen) atoms. The zero-order valence-corrected chi connectivity index (χ0v) is 10.2. The fourth-order valence-corrected chi connectivity index (χ4v) is 1.53. The highest BCUT2D eigenvalue weighted by Gasteiger charge is 2.18. The van der Waals surface area contributed by atoms with Gasteiger partial charge >= 0.3 is 5.69 Å². The Morgan fingerprint density at radius 2 is 1.90 bits per heavy atom. The molecule has 0 unspecified atom stereocenters. The third-order valence-electron chi connectivity index (χ3n) is 2.47. The van der Waals surface area contributed by atoms with Crippen molar-refractivity contribution in [3.8, 4) is 11.5 Å². The molecule has 0 saturated heterocycles. The van der Waals surface area contributed by atoms with Crippen LogP contribution in [0.15, 0.2) is 47.6 Å². The summed E-state index contributed by atoms with van der Waals surface area (Å²) in [6, 6.07) is 11.4. The van der Waals surface area contributed by atoms with Gasteiger partial charge in [-0.1, -0.05) is 18.2 Å². The average molecular weight is 273 g/mol. The second-order valence-corrected chi connectivity index (χ2v) is 3.90. The number of hydrogen-bond donors (Lipinski definition) is 3. The SMILES string of the molecule is O=[N+]([O-])c1cc(C=NNc2ccccc2)cc(O)c1O. The van der Waals surface area contributed by atoms with E-state index >= 15 is 0 Å². The summed E-state index contributed by atoms with van der Waals surface area (Å²) < 4.78 is 0. The Hall–Kier alpha value is -3.09. The van der Waals surface area contributed by atoms with E-state index < -0.39 is 22.1 Å². The zero-order chi connectivity index (χ0) is 14.5. The van der Waals surface area contributed by atoms with Crippen molar-refractivity contribution in [1.82, 2.24) is 0 Å². The Morgan fingerprint density at radius 3 is 2.55 bits per heavy atom. The molecule has 0 radical (unpaired) electrons. The van der Waals surface area contributed by atoms with Gasteiger partial charge < -0.3 is 10.2 Å². The molecule has 2 aromatic carbocycles. The van der Waals surface area contributed by atoms with Crippen LogP contribution in [0.25, 0.3) is 0 Å². The van der Waals surface area contributed by atoms with E-state index in [2.05, 4.69) is 10.5 Å². The standard InChI is InChI=1S/C13H11N3O4/c17-12-7-9(6-11(13(12)18)16(19)20)8-14-15-10-4-2-1-3-5-10/h1-8,15,17-18H. The number of anilines is 1. The summed E-state index contributed by atoms with van der Waals surface area (Å²) in [6.45, 7) is 0. The Morgan fingerprint density at radius 1 is 1.20 bits per heavy atom. The van der Waals surface area contributed by atoms with E-state index in [1.54, 1.807) is 12.1 Å². The second kappa shape index (κ2) is 5.70. The molecule has 2 aromatic rings. The molecule has 0 fully saturated rings. The first-order chi connectivity index (χ1) is 9.58. The van der Waals surface area contributed by atoms with Gasteiger partial charge in [0.15, 0.2) is 5.75 Å². The van der Waals surface area contributed by atoms with Crippen LogP contribution < -0.4 is 5.43 Å². The van der Waals surface area contributed by atoms with Crippen LogP contribution in [-0.4, -0.2) is 21.4 Å². The number of nitrogens with one attached hydrogen (secondary N) is 1. The molecule has 3 N–H and O–H groups in total. The van der Waals surface area contributed by atoms with Crippen LogP contribution in [-0.2, 0) is 0 Å². The normalized spacial score (nSPS) is 10.6. The van der Waals surface area contributed by atoms with Crippen molar-refractivity contribution in [3.63, 3.8) is 0 Å². The molecule has 7 heteroatoms. The topological polar surface area (TPSA) is 108 Å². The maximum atomic E-state index is 10.7. The van der Waals surface area contributed by atoms with Gasteiger partial charge in [0.25, 0.3) is 0 Å². The molecule has 0 aliphatic heterocycles. The van der Waals surface area contributed by atoms with Gasteiger partial charge in [-0.05, 0) is 18.2 Å². The Labute approximate surface area is 114 Å². The van der Waals surface area contributed by atoms with E-state index in [9.17, 15) is 20.3 Å². The fourth-order valence-electron chi connectivity index (χ4n) is 1.53. The van der Waals surface area contributed by atoms with E-state index in [4.69, 9.17) is 0 Å². The van der Waals surface area contributed by atoms with Crippen LogP contribution >= 0.6 is 0 Å². The minimum atomic E-state index is -0.781. The first-order valence-corrected chi connectivity index (χ1v) is 5.62. The number of benzene rings is 2. The minimum Gasteiger partial charge on any atom is -0.504 e. The summed E-state index contributed by atoms with van der Waals surface area (Å²) in [5.41, 5.74) is 3.19. The highest BCUT2D eigenvalue weighted by Crippen LogP contribution is 2.35. The number of phenols is 2. The number of phenolic OH excluding ortho intramolecular Hbond substituents is 2. The predicted molar refractivity (Wildman–Crippen MR) is 74.1 cm³/mol. The number of aromatic hydroxyl groups is 2. The lowest BCUT2D eigenvalue weighted by atomic mass is 10.2. The first-order valence-electron chi connectivity index (χ1n) is 5.62. The molecule has 0 aromatic heterocycles. The van der Waals surface area contributed by atoms with Crippen molar-refractivity contribution < 1.29 is 15.1 Å². The molecular weight excluding hydrogens is 262 g/mol. The summed E-state index contributed by atoms with van der Waals surface area (Å²) >= 11 is 0. The summed E-state index contributed by atoms with van der Waals surface area (Å²) in [5.74, 6) is -1.33. The van der Waals surface area contributed by atoms with E-state index in [0.29, 0.717) is 0 Å². The Balaban J connectivity index is 2.19. The van der Waals surface area contributed by atoms with Crippen LogP contribution in [0.1, 0.15) is 5.56 Å². The number of nitro groups is 1. The molecule has 0 aliphatic rings. The molecule has 0 saturated carbocycles. The number of para-hydroxylation sites is 1. The largest absolute Gasteiger partial charge is 0.504 e. The van der Waals surface area contributed by atoms with Crippen LogP contribution in [0.3, 0.4) is 0 Å². The van der Waals surface area contributed by atoms with E-state index in [-0.39, 0.29) is 5.56 Å². The van der Waals surface area contributed by atoms with Crippen LogP contribution in [0.2, 0.25) is 0 Å². The van der Waals surface area contributed by atoms with Crippen LogP contribution in [0.4, 0.5) is 11.4 Å². The number of hydrogen-bond acceptors (Lipinski definition) is 6. The van der Waals surface area contributed by atoms with E-state index in [1.165, 1.54) is 12.3 Å². The van der Waals surface area contributed by atoms with Crippen molar-refractivity contribution in [1.29, 1.82) is 0 Å². The molecular formula is C13H11N3O4. The summed E-state index contributed by atoms with van der Waals surface area (Å²) in [5, 5.41) is 33.3. The van der Waals surface area contributed by atoms with Crippen LogP contribution in [0.5, 0.6) is 11.5 Å². The monoisotopic (exact) mass is 273 g/mol. The first kappa shape index (κ1) is 13.3. The third kappa shape index (κ3) is 3.02. The molecule has 0 bridgehead atoms. The van der Waals surface area contributed by atoms with Crippen molar-refractivity contribution in [2.24, 2.45) is 5.10 Å². The average Bonchev–Trinajstić information content (AvgIpc) is 2.43. The molecule has 0 aliphatic carbocycles. The van der Waals surface area contributed by atoms with E-state index in [0.717, 1.165) is 11.8 Å². The van der Waals surface area contributed by atoms with E-state index in [1.807, 2.05) is 18.2 Å². The lowest BCUT2D eigenvalue weighted by Crippen LogP contribution is -1.93. The maximum absolute atomic E-state index is 10.7. The van der Waals surface area contributed by atoms with Gasteiger partial charge in [-0.15, -0.1) is 0 Å². The lowest BCUT2D eigenvalue weighted by Gasteiger charge is -2.01. The van der Waals surface area contributed by atoms with Crippen molar-refractivity contribution in [3.05, 3.63) is 58.1 Å². The fraction of sp³-hybridized carbons (Fsp3) is 0. The van der Waals surface area contributed by atoms with Gasteiger partial charge in [0, 0.05) is 11.6 Å². The molecule has 0 amide bonds. The molecule has 0 heterocycles.